The van der Waals surface area contributed by atoms with Crippen LogP contribution in [-0.4, -0.2) is 53.3 Å². The molecule has 3 unspecified atom stereocenters. The Bertz CT molecular complexity index is 812. The van der Waals surface area contributed by atoms with Gasteiger partial charge in [-0.2, -0.15) is 0 Å². The Labute approximate surface area is 186 Å². The summed E-state index contributed by atoms with van der Waals surface area (Å²) in [6.07, 6.45) is 5.05. The largest absolute Gasteiger partial charge is 0.391 e. The summed E-state index contributed by atoms with van der Waals surface area (Å²) in [6, 6.07) is 22.7. The van der Waals surface area contributed by atoms with Gasteiger partial charge in [0, 0.05) is 37.6 Å². The number of aliphatic hydroxyl groups is 1. The van der Waals surface area contributed by atoms with Crippen LogP contribution in [0.5, 0.6) is 0 Å². The van der Waals surface area contributed by atoms with Gasteiger partial charge in [-0.15, -0.1) is 0 Å². The van der Waals surface area contributed by atoms with Crippen LogP contribution in [0.2, 0.25) is 0 Å². The lowest BCUT2D eigenvalue weighted by Crippen LogP contribution is -2.52. The lowest BCUT2D eigenvalue weighted by molar-refractivity contribution is 0.114. The van der Waals surface area contributed by atoms with Gasteiger partial charge in [-0.25, -0.2) is 0 Å². The molecule has 2 bridgehead atoms. The van der Waals surface area contributed by atoms with Crippen molar-refractivity contribution < 1.29 is 5.11 Å². The third-order valence-corrected chi connectivity index (χ3v) is 6.55. The lowest BCUT2D eigenvalue weighted by Gasteiger charge is -2.39. The number of aliphatic imine (C=N–C) groups is 1. The maximum absolute atomic E-state index is 10.4. The number of guanidine groups is 1. The zero-order valence-electron chi connectivity index (χ0n) is 18.6. The Morgan fingerprint density at radius 2 is 1.61 bits per heavy atom. The SMILES string of the molecule is CCNC(=NCC(O)Cc1ccccc1)NC1CC2CCC(C1)N2Cc1ccccc1. The van der Waals surface area contributed by atoms with Crippen molar-refractivity contribution in [2.24, 2.45) is 4.99 Å². The van der Waals surface area contributed by atoms with Crippen molar-refractivity contribution in [3.05, 3.63) is 71.8 Å². The molecule has 166 valence electrons. The molecule has 3 N–H and O–H groups in total. The van der Waals surface area contributed by atoms with E-state index in [1.165, 1.54) is 18.4 Å². The highest BCUT2D eigenvalue weighted by atomic mass is 16.3. The molecule has 2 aliphatic rings. The van der Waals surface area contributed by atoms with Gasteiger partial charge in [0.25, 0.3) is 0 Å². The van der Waals surface area contributed by atoms with E-state index in [2.05, 4.69) is 64.9 Å². The van der Waals surface area contributed by atoms with Crippen LogP contribution < -0.4 is 10.6 Å². The summed E-state index contributed by atoms with van der Waals surface area (Å²) in [4.78, 5) is 7.40. The fourth-order valence-electron chi connectivity index (χ4n) is 5.11. The number of benzene rings is 2. The summed E-state index contributed by atoms with van der Waals surface area (Å²) in [7, 11) is 0. The van der Waals surface area contributed by atoms with Crippen molar-refractivity contribution in [3.8, 4) is 0 Å². The molecule has 2 aliphatic heterocycles. The van der Waals surface area contributed by atoms with E-state index in [-0.39, 0.29) is 0 Å². The van der Waals surface area contributed by atoms with Crippen LogP contribution in [0.15, 0.2) is 65.7 Å². The first-order chi connectivity index (χ1) is 15.2. The summed E-state index contributed by atoms with van der Waals surface area (Å²) >= 11 is 0. The Morgan fingerprint density at radius 1 is 1.00 bits per heavy atom. The minimum absolute atomic E-state index is 0.407. The van der Waals surface area contributed by atoms with Crippen molar-refractivity contribution in [1.29, 1.82) is 0 Å². The molecule has 0 aromatic heterocycles. The van der Waals surface area contributed by atoms with E-state index < -0.39 is 6.10 Å². The first-order valence-electron chi connectivity index (χ1n) is 11.8. The molecule has 2 fully saturated rings. The van der Waals surface area contributed by atoms with E-state index in [4.69, 9.17) is 4.99 Å². The zero-order valence-corrected chi connectivity index (χ0v) is 18.6. The fraction of sp³-hybridized carbons (Fsp3) is 0.500. The lowest BCUT2D eigenvalue weighted by atomic mass is 9.96. The van der Waals surface area contributed by atoms with Crippen molar-refractivity contribution in [1.82, 2.24) is 15.5 Å². The number of hydrogen-bond donors (Lipinski definition) is 3. The van der Waals surface area contributed by atoms with Gasteiger partial charge in [-0.3, -0.25) is 9.89 Å². The topological polar surface area (TPSA) is 59.9 Å². The molecule has 0 aliphatic carbocycles. The van der Waals surface area contributed by atoms with Gasteiger partial charge in [0.15, 0.2) is 5.96 Å². The van der Waals surface area contributed by atoms with E-state index in [1.54, 1.807) is 0 Å². The second kappa shape index (κ2) is 10.8. The highest BCUT2D eigenvalue weighted by molar-refractivity contribution is 5.80. The van der Waals surface area contributed by atoms with E-state index >= 15 is 0 Å². The first kappa shape index (κ1) is 21.8. The number of piperidine rings is 1. The normalized spacial score (nSPS) is 24.7. The maximum Gasteiger partial charge on any atom is 0.191 e. The fourth-order valence-corrected chi connectivity index (χ4v) is 5.11. The smallest absolute Gasteiger partial charge is 0.191 e. The van der Waals surface area contributed by atoms with Crippen LogP contribution in [0.25, 0.3) is 0 Å². The van der Waals surface area contributed by atoms with Gasteiger partial charge in [-0.1, -0.05) is 60.7 Å². The molecular formula is C26H36N4O. The van der Waals surface area contributed by atoms with Gasteiger partial charge < -0.3 is 15.7 Å². The number of nitrogens with one attached hydrogen (secondary N) is 2. The Morgan fingerprint density at radius 3 is 2.23 bits per heavy atom. The standard InChI is InChI=1S/C26H36N4O/c1-2-27-26(28-18-25(31)15-20-9-5-3-6-10-20)29-22-16-23-13-14-24(17-22)30(23)19-21-11-7-4-8-12-21/h3-12,22-25,31H,2,13-19H2,1H3,(H2,27,28,29). The molecular weight excluding hydrogens is 384 g/mol. The summed E-state index contributed by atoms with van der Waals surface area (Å²) in [5.41, 5.74) is 2.55. The van der Waals surface area contributed by atoms with Gasteiger partial charge in [0.2, 0.25) is 0 Å². The molecule has 3 atom stereocenters. The third kappa shape index (κ3) is 6.08. The molecule has 2 aromatic rings. The molecule has 5 heteroatoms. The number of fused-ring (bicyclic) bond motifs is 2. The monoisotopic (exact) mass is 420 g/mol. The van der Waals surface area contributed by atoms with Crippen LogP contribution in [-0.2, 0) is 13.0 Å². The van der Waals surface area contributed by atoms with Gasteiger partial charge in [0.1, 0.15) is 0 Å². The molecule has 0 radical (unpaired) electrons. The molecule has 2 saturated heterocycles. The minimum Gasteiger partial charge on any atom is -0.391 e. The average molecular weight is 421 g/mol. The van der Waals surface area contributed by atoms with Crippen LogP contribution in [0.4, 0.5) is 0 Å². The second-order valence-corrected chi connectivity index (χ2v) is 8.92. The molecule has 0 spiro atoms. The number of hydrogen-bond acceptors (Lipinski definition) is 3. The van der Waals surface area contributed by atoms with Gasteiger partial charge >= 0.3 is 0 Å². The predicted molar refractivity (Wildman–Crippen MR) is 127 cm³/mol. The predicted octanol–water partition coefficient (Wildman–Crippen LogP) is 3.34. The van der Waals surface area contributed by atoms with Gasteiger partial charge in [-0.05, 0) is 43.7 Å². The van der Waals surface area contributed by atoms with Crippen LogP contribution in [0.3, 0.4) is 0 Å². The maximum atomic E-state index is 10.4. The van der Waals surface area contributed by atoms with Crippen LogP contribution in [0.1, 0.15) is 43.7 Å². The molecule has 5 nitrogen and oxygen atoms in total. The third-order valence-electron chi connectivity index (χ3n) is 6.55. The highest BCUT2D eigenvalue weighted by Crippen LogP contribution is 2.36. The van der Waals surface area contributed by atoms with Crippen molar-refractivity contribution in [3.63, 3.8) is 0 Å². The van der Waals surface area contributed by atoms with E-state index in [0.717, 1.165) is 37.5 Å². The number of rotatable bonds is 8. The Balaban J connectivity index is 1.31. The summed E-state index contributed by atoms with van der Waals surface area (Å²) in [5.74, 6) is 0.829. The van der Waals surface area contributed by atoms with E-state index in [9.17, 15) is 5.11 Å². The van der Waals surface area contributed by atoms with Crippen LogP contribution in [0, 0.1) is 0 Å². The van der Waals surface area contributed by atoms with Crippen LogP contribution >= 0.6 is 0 Å². The first-order valence-corrected chi connectivity index (χ1v) is 11.8. The summed E-state index contributed by atoms with van der Waals surface area (Å²) < 4.78 is 0. The number of aliphatic hydroxyl groups excluding tert-OH is 1. The molecule has 2 heterocycles. The molecule has 0 saturated carbocycles. The Kier molecular flexibility index (Phi) is 7.60. The Hall–Kier alpha value is -2.37. The number of nitrogens with zero attached hydrogens (tertiary/aromatic N) is 2. The quantitative estimate of drug-likeness (QED) is 0.453. The summed E-state index contributed by atoms with van der Waals surface area (Å²) in [5, 5.41) is 17.5. The van der Waals surface area contributed by atoms with Crippen molar-refractivity contribution >= 4 is 5.96 Å². The van der Waals surface area contributed by atoms with Gasteiger partial charge in [0.05, 0.1) is 12.6 Å². The van der Waals surface area contributed by atoms with E-state index in [0.29, 0.717) is 31.1 Å². The van der Waals surface area contributed by atoms with Crippen molar-refractivity contribution in [2.75, 3.05) is 13.1 Å². The minimum atomic E-state index is -0.471. The second-order valence-electron chi connectivity index (χ2n) is 8.92. The van der Waals surface area contributed by atoms with Crippen molar-refractivity contribution in [2.45, 2.75) is 69.8 Å². The molecule has 0 amide bonds. The zero-order chi connectivity index (χ0) is 21.5. The highest BCUT2D eigenvalue weighted by Gasteiger charge is 2.40. The molecule has 2 aromatic carbocycles. The molecule has 31 heavy (non-hydrogen) atoms. The average Bonchev–Trinajstić information content (AvgIpc) is 3.01. The van der Waals surface area contributed by atoms with E-state index in [1.807, 2.05) is 18.2 Å². The summed E-state index contributed by atoms with van der Waals surface area (Å²) in [6.45, 7) is 4.37. The molecule has 4 rings (SSSR count).